The zero-order chi connectivity index (χ0) is 7.99. The highest BCUT2D eigenvalue weighted by Crippen LogP contribution is 2.37. The van der Waals surface area contributed by atoms with E-state index in [0.29, 0.717) is 12.8 Å². The van der Waals surface area contributed by atoms with Crippen LogP contribution in [0.2, 0.25) is 0 Å². The fourth-order valence-electron chi connectivity index (χ4n) is 1.53. The lowest BCUT2D eigenvalue weighted by molar-refractivity contribution is -0.107. The molecule has 2 atom stereocenters. The average molecular weight is 145 g/mol. The lowest BCUT2D eigenvalue weighted by Crippen LogP contribution is -2.44. The van der Waals surface area contributed by atoms with Crippen molar-refractivity contribution < 1.29 is 10.2 Å². The topological polar surface area (TPSA) is 66.5 Å². The Labute approximate surface area is 60.9 Å². The van der Waals surface area contributed by atoms with Crippen molar-refractivity contribution in [3.05, 3.63) is 0 Å². The highest BCUT2D eigenvalue weighted by atomic mass is 16.4. The van der Waals surface area contributed by atoms with Gasteiger partial charge in [0.2, 0.25) is 0 Å². The number of aliphatic hydroxyl groups is 2. The summed E-state index contributed by atoms with van der Waals surface area (Å²) in [6.07, 6.45) is 0.972. The number of hydrogen-bond acceptors (Lipinski definition) is 3. The number of nitrogens with two attached hydrogens (primary N) is 1. The van der Waals surface area contributed by atoms with Crippen LogP contribution in [-0.2, 0) is 0 Å². The zero-order valence-corrected chi connectivity index (χ0v) is 6.46. The van der Waals surface area contributed by atoms with Gasteiger partial charge in [0.05, 0.1) is 11.2 Å². The fourth-order valence-corrected chi connectivity index (χ4v) is 1.53. The number of rotatable bonds is 0. The van der Waals surface area contributed by atoms with Gasteiger partial charge in [-0.05, 0) is 26.7 Å². The first-order valence-corrected chi connectivity index (χ1v) is 3.55. The molecule has 1 fully saturated rings. The minimum Gasteiger partial charge on any atom is -0.387 e. The summed E-state index contributed by atoms with van der Waals surface area (Å²) < 4.78 is 0. The molecule has 60 valence electrons. The van der Waals surface area contributed by atoms with Crippen LogP contribution in [0.15, 0.2) is 0 Å². The molecular weight excluding hydrogens is 130 g/mol. The van der Waals surface area contributed by atoms with Crippen molar-refractivity contribution in [3.8, 4) is 0 Å². The molecular formula is C7H15NO2. The Morgan fingerprint density at radius 3 is 1.60 bits per heavy atom. The van der Waals surface area contributed by atoms with E-state index in [4.69, 9.17) is 5.73 Å². The van der Waals surface area contributed by atoms with E-state index in [1.165, 1.54) is 0 Å². The summed E-state index contributed by atoms with van der Waals surface area (Å²) in [5.74, 6) is 0. The molecule has 3 heteroatoms. The maximum atomic E-state index is 9.56. The van der Waals surface area contributed by atoms with Gasteiger partial charge >= 0.3 is 0 Å². The Morgan fingerprint density at radius 1 is 1.20 bits per heavy atom. The summed E-state index contributed by atoms with van der Waals surface area (Å²) in [7, 11) is 0. The van der Waals surface area contributed by atoms with Crippen molar-refractivity contribution in [2.45, 2.75) is 43.9 Å². The van der Waals surface area contributed by atoms with E-state index in [1.807, 2.05) is 0 Å². The Hall–Kier alpha value is -0.120. The molecule has 0 aliphatic heterocycles. The van der Waals surface area contributed by atoms with Gasteiger partial charge < -0.3 is 15.9 Å². The molecule has 0 bridgehead atoms. The van der Waals surface area contributed by atoms with Crippen LogP contribution in [0.5, 0.6) is 0 Å². The maximum absolute atomic E-state index is 9.56. The SMILES string of the molecule is CC1(O)CC(N)CC1(C)O. The van der Waals surface area contributed by atoms with E-state index in [2.05, 4.69) is 0 Å². The second-order valence-electron chi connectivity index (χ2n) is 3.72. The molecule has 1 saturated carbocycles. The highest BCUT2D eigenvalue weighted by molar-refractivity contribution is 5.04. The van der Waals surface area contributed by atoms with Crippen molar-refractivity contribution in [3.63, 3.8) is 0 Å². The smallest absolute Gasteiger partial charge is 0.0918 e. The van der Waals surface area contributed by atoms with Crippen LogP contribution >= 0.6 is 0 Å². The van der Waals surface area contributed by atoms with Gasteiger partial charge in [0, 0.05) is 6.04 Å². The molecule has 0 amide bonds. The molecule has 0 saturated heterocycles. The van der Waals surface area contributed by atoms with Gasteiger partial charge in [-0.3, -0.25) is 0 Å². The van der Waals surface area contributed by atoms with Crippen molar-refractivity contribution in [1.82, 2.24) is 0 Å². The van der Waals surface area contributed by atoms with E-state index in [1.54, 1.807) is 13.8 Å². The van der Waals surface area contributed by atoms with Crippen molar-refractivity contribution in [2.75, 3.05) is 0 Å². The van der Waals surface area contributed by atoms with E-state index in [0.717, 1.165) is 0 Å². The maximum Gasteiger partial charge on any atom is 0.0918 e. The Morgan fingerprint density at radius 2 is 1.50 bits per heavy atom. The molecule has 1 rings (SSSR count). The molecule has 0 aromatic heterocycles. The molecule has 3 nitrogen and oxygen atoms in total. The van der Waals surface area contributed by atoms with Gasteiger partial charge in [0.1, 0.15) is 0 Å². The third-order valence-corrected chi connectivity index (χ3v) is 2.48. The second-order valence-corrected chi connectivity index (χ2v) is 3.72. The third-order valence-electron chi connectivity index (χ3n) is 2.48. The van der Waals surface area contributed by atoms with E-state index >= 15 is 0 Å². The van der Waals surface area contributed by atoms with Crippen molar-refractivity contribution >= 4 is 0 Å². The quantitative estimate of drug-likeness (QED) is 0.435. The molecule has 0 aromatic rings. The van der Waals surface area contributed by atoms with Gasteiger partial charge in [-0.25, -0.2) is 0 Å². The molecule has 0 radical (unpaired) electrons. The summed E-state index contributed by atoms with van der Waals surface area (Å²) >= 11 is 0. The molecule has 4 N–H and O–H groups in total. The molecule has 10 heavy (non-hydrogen) atoms. The Bertz CT molecular complexity index is 127. The van der Waals surface area contributed by atoms with Crippen LogP contribution in [0.3, 0.4) is 0 Å². The normalized spacial score (nSPS) is 55.5. The molecule has 1 aliphatic rings. The molecule has 0 aromatic carbocycles. The largest absolute Gasteiger partial charge is 0.387 e. The summed E-state index contributed by atoms with van der Waals surface area (Å²) in [6.45, 7) is 3.25. The average Bonchev–Trinajstić information content (AvgIpc) is 1.73. The van der Waals surface area contributed by atoms with Crippen LogP contribution in [0.25, 0.3) is 0 Å². The van der Waals surface area contributed by atoms with Crippen molar-refractivity contribution in [2.24, 2.45) is 5.73 Å². The van der Waals surface area contributed by atoms with Gasteiger partial charge in [0.15, 0.2) is 0 Å². The van der Waals surface area contributed by atoms with Gasteiger partial charge in [-0.1, -0.05) is 0 Å². The van der Waals surface area contributed by atoms with Gasteiger partial charge in [-0.2, -0.15) is 0 Å². The monoisotopic (exact) mass is 145 g/mol. The van der Waals surface area contributed by atoms with Crippen LogP contribution in [0, 0.1) is 0 Å². The lowest BCUT2D eigenvalue weighted by atomic mass is 9.90. The fraction of sp³-hybridized carbons (Fsp3) is 1.00. The Kier molecular flexibility index (Phi) is 1.54. The minimum absolute atomic E-state index is 0.0648. The molecule has 0 heterocycles. The standard InChI is InChI=1S/C7H15NO2/c1-6(9)3-5(8)4-7(6,2)10/h5,9-10H,3-4,8H2,1-2H3. The number of hydrogen-bond donors (Lipinski definition) is 3. The first kappa shape index (κ1) is 7.98. The van der Waals surface area contributed by atoms with Gasteiger partial charge in [-0.15, -0.1) is 0 Å². The van der Waals surface area contributed by atoms with E-state index in [-0.39, 0.29) is 6.04 Å². The predicted octanol–water partition coefficient (Wildman–Crippen LogP) is -0.391. The van der Waals surface area contributed by atoms with Crippen LogP contribution in [0.1, 0.15) is 26.7 Å². The van der Waals surface area contributed by atoms with Gasteiger partial charge in [0.25, 0.3) is 0 Å². The zero-order valence-electron chi connectivity index (χ0n) is 6.46. The molecule has 1 aliphatic carbocycles. The first-order chi connectivity index (χ1) is 4.35. The first-order valence-electron chi connectivity index (χ1n) is 3.55. The van der Waals surface area contributed by atoms with E-state index in [9.17, 15) is 10.2 Å². The van der Waals surface area contributed by atoms with Crippen LogP contribution in [0.4, 0.5) is 0 Å². The van der Waals surface area contributed by atoms with Crippen LogP contribution < -0.4 is 5.73 Å². The predicted molar refractivity (Wildman–Crippen MR) is 38.5 cm³/mol. The third kappa shape index (κ3) is 1.05. The minimum atomic E-state index is -1.01. The van der Waals surface area contributed by atoms with E-state index < -0.39 is 11.2 Å². The summed E-state index contributed by atoms with van der Waals surface area (Å²) in [5, 5.41) is 19.1. The Balaban J connectivity index is 2.78. The molecule has 0 spiro atoms. The summed E-state index contributed by atoms with van der Waals surface area (Å²) in [5.41, 5.74) is 3.55. The van der Waals surface area contributed by atoms with Crippen molar-refractivity contribution in [1.29, 1.82) is 0 Å². The molecule has 2 unspecified atom stereocenters. The highest BCUT2D eigenvalue weighted by Gasteiger charge is 2.49. The van der Waals surface area contributed by atoms with Crippen LogP contribution in [-0.4, -0.2) is 27.5 Å². The lowest BCUT2D eigenvalue weighted by Gasteiger charge is -2.30. The summed E-state index contributed by atoms with van der Waals surface area (Å²) in [6, 6.07) is -0.0648. The second kappa shape index (κ2) is 1.94. The summed E-state index contributed by atoms with van der Waals surface area (Å²) in [4.78, 5) is 0.